The third kappa shape index (κ3) is 2.97. The highest BCUT2D eigenvalue weighted by molar-refractivity contribution is 5.95. The Morgan fingerprint density at radius 1 is 1.42 bits per heavy atom. The molecule has 1 heterocycles. The number of nitrogens with zero attached hydrogens (tertiary/aromatic N) is 1. The molecule has 1 aromatic carbocycles. The van der Waals surface area contributed by atoms with Gasteiger partial charge < -0.3 is 15.7 Å². The number of nitrogens with two attached hydrogens (primary N) is 1. The van der Waals surface area contributed by atoms with E-state index >= 15 is 0 Å². The molecule has 1 fully saturated rings. The number of carboxylic acid groups (broad SMARTS) is 1. The molecule has 0 bridgehead atoms. The Morgan fingerprint density at radius 3 is 2.84 bits per heavy atom. The van der Waals surface area contributed by atoms with Crippen LogP contribution < -0.4 is 10.6 Å². The second-order valence-electron chi connectivity index (χ2n) is 5.22. The van der Waals surface area contributed by atoms with Gasteiger partial charge in [-0.25, -0.2) is 9.18 Å². The zero-order valence-corrected chi connectivity index (χ0v) is 11.0. The second kappa shape index (κ2) is 5.47. The van der Waals surface area contributed by atoms with Crippen molar-refractivity contribution in [2.75, 3.05) is 23.7 Å². The first-order chi connectivity index (χ1) is 8.99. The summed E-state index contributed by atoms with van der Waals surface area (Å²) in [5.74, 6) is -0.945. The molecule has 3 N–H and O–H groups in total. The van der Waals surface area contributed by atoms with Gasteiger partial charge in [-0.2, -0.15) is 0 Å². The van der Waals surface area contributed by atoms with E-state index in [9.17, 15) is 9.18 Å². The van der Waals surface area contributed by atoms with Crippen LogP contribution in [0.5, 0.6) is 0 Å². The molecule has 1 aliphatic rings. The summed E-state index contributed by atoms with van der Waals surface area (Å²) in [6.45, 7) is 3.69. The molecule has 1 unspecified atom stereocenters. The van der Waals surface area contributed by atoms with Gasteiger partial charge in [0.1, 0.15) is 5.82 Å². The number of benzene rings is 1. The minimum Gasteiger partial charge on any atom is -0.478 e. The van der Waals surface area contributed by atoms with Crippen LogP contribution in [-0.2, 0) is 0 Å². The molecule has 0 saturated carbocycles. The van der Waals surface area contributed by atoms with Crippen LogP contribution in [0.15, 0.2) is 12.1 Å². The molecule has 0 aliphatic carbocycles. The normalized spacial score (nSPS) is 20.1. The van der Waals surface area contributed by atoms with E-state index in [0.29, 0.717) is 11.6 Å². The SMILES string of the molecule is CC1CCCN(c2cc(C(=O)O)c(N)cc2F)CC1. The maximum absolute atomic E-state index is 14.0. The minimum absolute atomic E-state index is 0.0306. The fourth-order valence-corrected chi connectivity index (χ4v) is 2.51. The molecular weight excluding hydrogens is 247 g/mol. The highest BCUT2D eigenvalue weighted by atomic mass is 19.1. The molecule has 0 aromatic heterocycles. The Morgan fingerprint density at radius 2 is 2.16 bits per heavy atom. The first-order valence-electron chi connectivity index (χ1n) is 6.56. The summed E-state index contributed by atoms with van der Waals surface area (Å²) in [6.07, 6.45) is 3.11. The van der Waals surface area contributed by atoms with Crippen LogP contribution in [0.25, 0.3) is 0 Å². The highest BCUT2D eigenvalue weighted by Crippen LogP contribution is 2.28. The molecule has 1 aromatic rings. The van der Waals surface area contributed by atoms with E-state index < -0.39 is 11.8 Å². The molecule has 4 nitrogen and oxygen atoms in total. The lowest BCUT2D eigenvalue weighted by atomic mass is 10.0. The molecule has 19 heavy (non-hydrogen) atoms. The number of carbonyl (C=O) groups is 1. The van der Waals surface area contributed by atoms with Crippen molar-refractivity contribution in [1.82, 2.24) is 0 Å². The van der Waals surface area contributed by atoms with Gasteiger partial charge in [0.15, 0.2) is 0 Å². The van der Waals surface area contributed by atoms with Crippen LogP contribution >= 0.6 is 0 Å². The summed E-state index contributed by atoms with van der Waals surface area (Å²) in [6, 6.07) is 2.45. The standard InChI is InChI=1S/C14H19FN2O2/c1-9-3-2-5-17(6-4-9)13-7-10(14(18)19)12(16)8-11(13)15/h7-9H,2-6,16H2,1H3,(H,18,19). The van der Waals surface area contributed by atoms with Crippen molar-refractivity contribution in [2.24, 2.45) is 5.92 Å². The van der Waals surface area contributed by atoms with E-state index in [1.165, 1.54) is 6.07 Å². The van der Waals surface area contributed by atoms with E-state index in [0.717, 1.165) is 38.4 Å². The van der Waals surface area contributed by atoms with Crippen LogP contribution in [0.1, 0.15) is 36.5 Å². The quantitative estimate of drug-likeness (QED) is 0.808. The Hall–Kier alpha value is -1.78. The predicted octanol–water partition coefficient (Wildman–Crippen LogP) is 2.73. The van der Waals surface area contributed by atoms with Gasteiger partial charge in [-0.3, -0.25) is 0 Å². The minimum atomic E-state index is -1.12. The van der Waals surface area contributed by atoms with Gasteiger partial charge in [-0.05, 0) is 37.3 Å². The number of halogens is 1. The van der Waals surface area contributed by atoms with E-state index in [1.54, 1.807) is 0 Å². The van der Waals surface area contributed by atoms with Crippen LogP contribution in [0.3, 0.4) is 0 Å². The molecule has 1 saturated heterocycles. The highest BCUT2D eigenvalue weighted by Gasteiger charge is 2.20. The average Bonchev–Trinajstić information content (AvgIpc) is 2.54. The summed E-state index contributed by atoms with van der Waals surface area (Å²) in [7, 11) is 0. The van der Waals surface area contributed by atoms with Crippen molar-refractivity contribution in [3.63, 3.8) is 0 Å². The molecule has 104 valence electrons. The molecule has 5 heteroatoms. The summed E-state index contributed by atoms with van der Waals surface area (Å²) in [4.78, 5) is 13.0. The van der Waals surface area contributed by atoms with Crippen LogP contribution in [0.2, 0.25) is 0 Å². The van der Waals surface area contributed by atoms with Crippen molar-refractivity contribution in [1.29, 1.82) is 0 Å². The lowest BCUT2D eigenvalue weighted by Gasteiger charge is -2.24. The number of carboxylic acids is 1. The largest absolute Gasteiger partial charge is 0.478 e. The molecular formula is C14H19FN2O2. The lowest BCUT2D eigenvalue weighted by Crippen LogP contribution is -2.25. The number of hydrogen-bond acceptors (Lipinski definition) is 3. The molecule has 0 amide bonds. The summed E-state index contributed by atoms with van der Waals surface area (Å²) in [5.41, 5.74) is 5.82. The van der Waals surface area contributed by atoms with Crippen molar-refractivity contribution in [3.8, 4) is 0 Å². The zero-order chi connectivity index (χ0) is 14.0. The zero-order valence-electron chi connectivity index (χ0n) is 11.0. The van der Waals surface area contributed by atoms with Gasteiger partial charge in [0.2, 0.25) is 0 Å². The van der Waals surface area contributed by atoms with Crippen LogP contribution in [-0.4, -0.2) is 24.2 Å². The molecule has 0 spiro atoms. The second-order valence-corrected chi connectivity index (χ2v) is 5.22. The van der Waals surface area contributed by atoms with Gasteiger partial charge in [0.05, 0.1) is 11.3 Å². The summed E-state index contributed by atoms with van der Waals surface area (Å²) < 4.78 is 14.0. The molecule has 1 aliphatic heterocycles. The van der Waals surface area contributed by atoms with E-state index in [1.807, 2.05) is 4.90 Å². The van der Waals surface area contributed by atoms with Crippen LogP contribution in [0, 0.1) is 11.7 Å². The van der Waals surface area contributed by atoms with Crippen LogP contribution in [0.4, 0.5) is 15.8 Å². The Kier molecular flexibility index (Phi) is 3.93. The van der Waals surface area contributed by atoms with E-state index in [-0.39, 0.29) is 11.3 Å². The van der Waals surface area contributed by atoms with Gasteiger partial charge in [0, 0.05) is 18.8 Å². The van der Waals surface area contributed by atoms with Gasteiger partial charge >= 0.3 is 5.97 Å². The number of anilines is 2. The predicted molar refractivity (Wildman–Crippen MR) is 73.0 cm³/mol. The Labute approximate surface area is 112 Å². The number of hydrogen-bond donors (Lipinski definition) is 2. The van der Waals surface area contributed by atoms with Gasteiger partial charge in [0.25, 0.3) is 0 Å². The third-order valence-electron chi connectivity index (χ3n) is 3.71. The maximum Gasteiger partial charge on any atom is 0.337 e. The fraction of sp³-hybridized carbons (Fsp3) is 0.500. The van der Waals surface area contributed by atoms with Crippen molar-refractivity contribution in [2.45, 2.75) is 26.2 Å². The number of nitrogen functional groups attached to an aromatic ring is 1. The third-order valence-corrected chi connectivity index (χ3v) is 3.71. The van der Waals surface area contributed by atoms with Crippen molar-refractivity contribution >= 4 is 17.3 Å². The number of aromatic carboxylic acids is 1. The Balaban J connectivity index is 2.33. The summed E-state index contributed by atoms with van der Waals surface area (Å²) >= 11 is 0. The monoisotopic (exact) mass is 266 g/mol. The van der Waals surface area contributed by atoms with Gasteiger partial charge in [-0.15, -0.1) is 0 Å². The smallest absolute Gasteiger partial charge is 0.337 e. The fourth-order valence-electron chi connectivity index (χ4n) is 2.51. The Bertz CT molecular complexity index is 491. The molecule has 0 radical (unpaired) electrons. The maximum atomic E-state index is 14.0. The first kappa shape index (κ1) is 13.6. The van der Waals surface area contributed by atoms with Gasteiger partial charge in [-0.1, -0.05) is 6.92 Å². The summed E-state index contributed by atoms with van der Waals surface area (Å²) in [5, 5.41) is 9.06. The van der Waals surface area contributed by atoms with E-state index in [4.69, 9.17) is 10.8 Å². The van der Waals surface area contributed by atoms with E-state index in [2.05, 4.69) is 6.92 Å². The lowest BCUT2D eigenvalue weighted by molar-refractivity contribution is 0.0698. The average molecular weight is 266 g/mol. The topological polar surface area (TPSA) is 66.6 Å². The first-order valence-corrected chi connectivity index (χ1v) is 6.56. The molecule has 2 rings (SSSR count). The van der Waals surface area contributed by atoms with Crippen molar-refractivity contribution in [3.05, 3.63) is 23.5 Å². The van der Waals surface area contributed by atoms with Crippen molar-refractivity contribution < 1.29 is 14.3 Å². The number of rotatable bonds is 2. The molecule has 1 atom stereocenters.